The molecule has 6 heteroatoms. The summed E-state index contributed by atoms with van der Waals surface area (Å²) in [6.45, 7) is 4.44. The highest BCUT2D eigenvalue weighted by Gasteiger charge is 2.33. The number of ether oxygens (including phenoxy) is 2. The number of carbonyl (C=O) groups is 1. The van der Waals surface area contributed by atoms with Crippen LogP contribution >= 0.6 is 0 Å². The van der Waals surface area contributed by atoms with Gasteiger partial charge in [0.15, 0.2) is 11.5 Å². The highest BCUT2D eigenvalue weighted by molar-refractivity contribution is 5.83. The first kappa shape index (κ1) is 20.7. The number of carbonyl (C=O) groups excluding carboxylic acids is 1. The molecule has 2 aromatic rings. The van der Waals surface area contributed by atoms with E-state index >= 15 is 0 Å². The van der Waals surface area contributed by atoms with Crippen molar-refractivity contribution < 1.29 is 14.3 Å². The number of amides is 1. The smallest absolute Gasteiger partial charge is 0.242 e. The summed E-state index contributed by atoms with van der Waals surface area (Å²) in [6, 6.07) is 16.4. The summed E-state index contributed by atoms with van der Waals surface area (Å²) >= 11 is 0. The van der Waals surface area contributed by atoms with E-state index in [1.165, 1.54) is 5.56 Å². The average Bonchev–Trinajstić information content (AvgIpc) is 3.60. The minimum Gasteiger partial charge on any atom is -0.493 e. The standard InChI is InChI=1S/C24H31N3O3/c1-29-21-11-8-18(16-22(21)30-2)17-26-12-14-27(15-13-26)23(19-6-4-3-5-7-19)24(28)25-20-9-10-20/h3-8,11,16,20,23H,9-10,12-15,17H2,1-2H3,(H,25,28)/t23-/m1/s1. The van der Waals surface area contributed by atoms with Crippen molar-refractivity contribution in [2.75, 3.05) is 40.4 Å². The van der Waals surface area contributed by atoms with Gasteiger partial charge in [0.2, 0.25) is 5.91 Å². The summed E-state index contributed by atoms with van der Waals surface area (Å²) in [4.78, 5) is 17.8. The molecule has 1 saturated carbocycles. The Balaban J connectivity index is 1.40. The number of hydrogen-bond acceptors (Lipinski definition) is 5. The zero-order valence-electron chi connectivity index (χ0n) is 17.8. The first-order chi connectivity index (χ1) is 14.7. The molecule has 2 aliphatic rings. The maximum absolute atomic E-state index is 13.0. The quantitative estimate of drug-likeness (QED) is 0.727. The second kappa shape index (κ2) is 9.49. The lowest BCUT2D eigenvalue weighted by atomic mass is 10.0. The number of hydrogen-bond donors (Lipinski definition) is 1. The van der Waals surface area contributed by atoms with E-state index in [2.05, 4.69) is 33.3 Å². The topological polar surface area (TPSA) is 54.0 Å². The van der Waals surface area contributed by atoms with Crippen LogP contribution in [0.5, 0.6) is 11.5 Å². The Morgan fingerprint density at radius 1 is 1.00 bits per heavy atom. The number of rotatable bonds is 8. The fourth-order valence-electron chi connectivity index (χ4n) is 4.09. The highest BCUT2D eigenvalue weighted by Crippen LogP contribution is 2.29. The minimum absolute atomic E-state index is 0.136. The third kappa shape index (κ3) is 4.94. The summed E-state index contributed by atoms with van der Waals surface area (Å²) in [7, 11) is 3.32. The summed E-state index contributed by atoms with van der Waals surface area (Å²) in [5.41, 5.74) is 2.27. The van der Waals surface area contributed by atoms with E-state index in [-0.39, 0.29) is 11.9 Å². The Kier molecular flexibility index (Phi) is 6.55. The SMILES string of the molecule is COc1ccc(CN2CCN([C@@H](C(=O)NC3CC3)c3ccccc3)CC2)cc1OC. The van der Waals surface area contributed by atoms with Crippen LogP contribution in [0, 0.1) is 0 Å². The monoisotopic (exact) mass is 409 g/mol. The largest absolute Gasteiger partial charge is 0.493 e. The van der Waals surface area contributed by atoms with Crippen LogP contribution in [0.25, 0.3) is 0 Å². The van der Waals surface area contributed by atoms with Crippen molar-refractivity contribution in [2.24, 2.45) is 0 Å². The van der Waals surface area contributed by atoms with Crippen molar-refractivity contribution in [3.05, 3.63) is 59.7 Å². The van der Waals surface area contributed by atoms with Crippen LogP contribution in [0.3, 0.4) is 0 Å². The molecule has 2 aromatic carbocycles. The fraction of sp³-hybridized carbons (Fsp3) is 0.458. The number of nitrogens with zero attached hydrogens (tertiary/aromatic N) is 2. The Hall–Kier alpha value is -2.57. The van der Waals surface area contributed by atoms with Crippen molar-refractivity contribution in [3.63, 3.8) is 0 Å². The lowest BCUT2D eigenvalue weighted by molar-refractivity contribution is -0.127. The fourth-order valence-corrected chi connectivity index (χ4v) is 4.09. The maximum atomic E-state index is 13.0. The molecule has 0 unspecified atom stereocenters. The van der Waals surface area contributed by atoms with Crippen LogP contribution in [0.4, 0.5) is 0 Å². The lowest BCUT2D eigenvalue weighted by Gasteiger charge is -2.39. The Labute approximate surface area is 178 Å². The van der Waals surface area contributed by atoms with Crippen molar-refractivity contribution in [2.45, 2.75) is 31.5 Å². The predicted molar refractivity (Wildman–Crippen MR) is 117 cm³/mol. The summed E-state index contributed by atoms with van der Waals surface area (Å²) < 4.78 is 10.8. The molecule has 1 atom stereocenters. The third-order valence-corrected chi connectivity index (χ3v) is 5.91. The van der Waals surface area contributed by atoms with Crippen LogP contribution in [0.15, 0.2) is 48.5 Å². The van der Waals surface area contributed by atoms with Crippen LogP contribution in [0.2, 0.25) is 0 Å². The molecule has 1 aliphatic heterocycles. The van der Waals surface area contributed by atoms with Crippen molar-refractivity contribution in [1.29, 1.82) is 0 Å². The zero-order valence-corrected chi connectivity index (χ0v) is 17.8. The van der Waals surface area contributed by atoms with Gasteiger partial charge in [-0.1, -0.05) is 36.4 Å². The molecule has 1 heterocycles. The van der Waals surface area contributed by atoms with Crippen LogP contribution in [-0.4, -0.2) is 62.1 Å². The van der Waals surface area contributed by atoms with E-state index in [1.54, 1.807) is 14.2 Å². The van der Waals surface area contributed by atoms with Gasteiger partial charge >= 0.3 is 0 Å². The molecule has 1 saturated heterocycles. The molecule has 0 bridgehead atoms. The molecule has 0 radical (unpaired) electrons. The molecule has 0 spiro atoms. The van der Waals surface area contributed by atoms with Gasteiger partial charge in [0.1, 0.15) is 6.04 Å². The van der Waals surface area contributed by atoms with Gasteiger partial charge in [-0.05, 0) is 36.1 Å². The molecule has 4 rings (SSSR count). The first-order valence-corrected chi connectivity index (χ1v) is 10.7. The molecular formula is C24H31N3O3. The normalized spacial score (nSPS) is 18.6. The molecule has 1 amide bonds. The molecular weight excluding hydrogens is 378 g/mol. The Morgan fingerprint density at radius 2 is 1.70 bits per heavy atom. The summed E-state index contributed by atoms with van der Waals surface area (Å²) in [5.74, 6) is 1.64. The number of benzene rings is 2. The molecule has 1 aliphatic carbocycles. The van der Waals surface area contributed by atoms with Gasteiger partial charge in [0.05, 0.1) is 14.2 Å². The predicted octanol–water partition coefficient (Wildman–Crippen LogP) is 2.84. The van der Waals surface area contributed by atoms with Crippen molar-refractivity contribution >= 4 is 5.91 Å². The van der Waals surface area contributed by atoms with Gasteiger partial charge in [0.25, 0.3) is 0 Å². The average molecular weight is 410 g/mol. The van der Waals surface area contributed by atoms with E-state index in [4.69, 9.17) is 9.47 Å². The molecule has 6 nitrogen and oxygen atoms in total. The van der Waals surface area contributed by atoms with Gasteiger partial charge in [-0.3, -0.25) is 14.6 Å². The first-order valence-electron chi connectivity index (χ1n) is 10.7. The van der Waals surface area contributed by atoms with E-state index in [0.29, 0.717) is 6.04 Å². The molecule has 2 fully saturated rings. The van der Waals surface area contributed by atoms with Gasteiger partial charge in [-0.15, -0.1) is 0 Å². The summed E-state index contributed by atoms with van der Waals surface area (Å²) in [5, 5.41) is 3.20. The van der Waals surface area contributed by atoms with Gasteiger partial charge in [-0.25, -0.2) is 0 Å². The summed E-state index contributed by atoms with van der Waals surface area (Å²) in [6.07, 6.45) is 2.21. The Morgan fingerprint density at radius 3 is 2.33 bits per heavy atom. The Bertz CT molecular complexity index is 846. The molecule has 30 heavy (non-hydrogen) atoms. The number of nitrogens with one attached hydrogen (secondary N) is 1. The molecule has 160 valence electrons. The highest BCUT2D eigenvalue weighted by atomic mass is 16.5. The van der Waals surface area contributed by atoms with Crippen LogP contribution in [0.1, 0.15) is 30.0 Å². The van der Waals surface area contributed by atoms with Crippen molar-refractivity contribution in [1.82, 2.24) is 15.1 Å². The molecule has 0 aromatic heterocycles. The number of methoxy groups -OCH3 is 2. The lowest BCUT2D eigenvalue weighted by Crippen LogP contribution is -2.50. The van der Waals surface area contributed by atoms with Gasteiger partial charge in [0, 0.05) is 38.8 Å². The minimum atomic E-state index is -0.213. The second-order valence-electron chi connectivity index (χ2n) is 8.10. The van der Waals surface area contributed by atoms with E-state index in [0.717, 1.165) is 62.6 Å². The van der Waals surface area contributed by atoms with Gasteiger partial charge < -0.3 is 14.8 Å². The third-order valence-electron chi connectivity index (χ3n) is 5.91. The second-order valence-corrected chi connectivity index (χ2v) is 8.10. The van der Waals surface area contributed by atoms with Crippen LogP contribution < -0.4 is 14.8 Å². The maximum Gasteiger partial charge on any atom is 0.242 e. The van der Waals surface area contributed by atoms with Crippen molar-refractivity contribution in [3.8, 4) is 11.5 Å². The van der Waals surface area contributed by atoms with Crippen LogP contribution in [-0.2, 0) is 11.3 Å². The van der Waals surface area contributed by atoms with E-state index in [1.807, 2.05) is 30.3 Å². The van der Waals surface area contributed by atoms with E-state index < -0.39 is 0 Å². The zero-order chi connectivity index (χ0) is 20.9. The number of piperazine rings is 1. The van der Waals surface area contributed by atoms with E-state index in [9.17, 15) is 4.79 Å². The van der Waals surface area contributed by atoms with Gasteiger partial charge in [-0.2, -0.15) is 0 Å². The molecule has 1 N–H and O–H groups in total.